The summed E-state index contributed by atoms with van der Waals surface area (Å²) in [6.07, 6.45) is 5.81. The number of nitrogens with one attached hydrogen (secondary N) is 1. The zero-order valence-corrected chi connectivity index (χ0v) is 18.0. The van der Waals surface area contributed by atoms with Crippen LogP contribution in [0.3, 0.4) is 0 Å². The largest absolute Gasteiger partial charge is 0.497 e. The molecule has 7 heteroatoms. The van der Waals surface area contributed by atoms with Crippen LogP contribution in [-0.2, 0) is 6.54 Å². The first-order chi connectivity index (χ1) is 14.5. The van der Waals surface area contributed by atoms with Crippen LogP contribution in [0, 0.1) is 6.92 Å². The van der Waals surface area contributed by atoms with Gasteiger partial charge >= 0.3 is 0 Å². The molecule has 1 N–H and O–H groups in total. The summed E-state index contributed by atoms with van der Waals surface area (Å²) in [5.74, 6) is 0.831. The third-order valence-corrected chi connectivity index (χ3v) is 5.39. The highest BCUT2D eigenvalue weighted by Gasteiger charge is 2.14. The molecule has 30 heavy (non-hydrogen) atoms. The summed E-state index contributed by atoms with van der Waals surface area (Å²) in [6, 6.07) is 15.7. The van der Waals surface area contributed by atoms with Gasteiger partial charge in [-0.15, -0.1) is 0 Å². The van der Waals surface area contributed by atoms with Crippen LogP contribution in [0.5, 0.6) is 5.75 Å². The van der Waals surface area contributed by atoms with Gasteiger partial charge in [0.25, 0.3) is 0 Å². The van der Waals surface area contributed by atoms with Crippen molar-refractivity contribution in [3.05, 3.63) is 89.0 Å². The van der Waals surface area contributed by atoms with E-state index in [1.165, 1.54) is 0 Å². The number of ether oxygens (including phenoxy) is 1. The number of aromatic nitrogens is 4. The average Bonchev–Trinajstić information content (AvgIpc) is 3.39. The quantitative estimate of drug-likeness (QED) is 0.462. The van der Waals surface area contributed by atoms with E-state index in [4.69, 9.17) is 16.3 Å². The predicted octanol–water partition coefficient (Wildman–Crippen LogP) is 4.88. The van der Waals surface area contributed by atoms with Crippen molar-refractivity contribution in [3.63, 3.8) is 0 Å². The molecule has 0 aliphatic rings. The molecule has 0 unspecified atom stereocenters. The number of benzene rings is 2. The molecule has 4 rings (SSSR count). The van der Waals surface area contributed by atoms with Gasteiger partial charge in [-0.25, -0.2) is 9.36 Å². The highest BCUT2D eigenvalue weighted by atomic mass is 35.5. The SMILES string of the molecule is COc1ccc(-n2ncc([C@H](C)NCc3cnn(-c4cccc(Cl)c4)c3)c2C)cc1. The Morgan fingerprint density at radius 2 is 1.87 bits per heavy atom. The van der Waals surface area contributed by atoms with Crippen LogP contribution in [0.25, 0.3) is 11.4 Å². The highest BCUT2D eigenvalue weighted by Crippen LogP contribution is 2.22. The van der Waals surface area contributed by atoms with Crippen LogP contribution in [0.15, 0.2) is 67.1 Å². The summed E-state index contributed by atoms with van der Waals surface area (Å²) >= 11 is 6.08. The Morgan fingerprint density at radius 1 is 1.07 bits per heavy atom. The van der Waals surface area contributed by atoms with Gasteiger partial charge in [0.2, 0.25) is 0 Å². The van der Waals surface area contributed by atoms with Gasteiger partial charge in [0.05, 0.1) is 30.9 Å². The van der Waals surface area contributed by atoms with E-state index in [-0.39, 0.29) is 6.04 Å². The number of methoxy groups -OCH3 is 1. The summed E-state index contributed by atoms with van der Waals surface area (Å²) in [5, 5.41) is 13.3. The van der Waals surface area contributed by atoms with E-state index < -0.39 is 0 Å². The van der Waals surface area contributed by atoms with Gasteiger partial charge in [-0.3, -0.25) is 0 Å². The number of hydrogen-bond donors (Lipinski definition) is 1. The molecule has 0 radical (unpaired) electrons. The minimum absolute atomic E-state index is 0.145. The van der Waals surface area contributed by atoms with Crippen LogP contribution in [-0.4, -0.2) is 26.7 Å². The van der Waals surface area contributed by atoms with Crippen molar-refractivity contribution in [1.82, 2.24) is 24.9 Å². The van der Waals surface area contributed by atoms with Crippen molar-refractivity contribution >= 4 is 11.6 Å². The molecule has 1 atom stereocenters. The van der Waals surface area contributed by atoms with Gasteiger partial charge in [-0.2, -0.15) is 10.2 Å². The minimum Gasteiger partial charge on any atom is -0.497 e. The van der Waals surface area contributed by atoms with Crippen molar-refractivity contribution in [3.8, 4) is 17.1 Å². The Hall–Kier alpha value is -3.09. The van der Waals surface area contributed by atoms with Crippen LogP contribution in [0.1, 0.15) is 29.8 Å². The first-order valence-corrected chi connectivity index (χ1v) is 10.1. The molecule has 0 fully saturated rings. The maximum Gasteiger partial charge on any atom is 0.119 e. The highest BCUT2D eigenvalue weighted by molar-refractivity contribution is 6.30. The summed E-state index contributed by atoms with van der Waals surface area (Å²) in [4.78, 5) is 0. The van der Waals surface area contributed by atoms with E-state index in [2.05, 4.69) is 29.4 Å². The molecule has 0 aliphatic carbocycles. The van der Waals surface area contributed by atoms with E-state index >= 15 is 0 Å². The Bertz CT molecular complexity index is 1130. The maximum absolute atomic E-state index is 6.08. The summed E-state index contributed by atoms with van der Waals surface area (Å²) in [5.41, 5.74) is 5.32. The van der Waals surface area contributed by atoms with E-state index in [1.54, 1.807) is 7.11 Å². The molecular formula is C23H24ClN5O. The van der Waals surface area contributed by atoms with E-state index in [1.807, 2.05) is 76.5 Å². The Morgan fingerprint density at radius 3 is 2.60 bits per heavy atom. The lowest BCUT2D eigenvalue weighted by atomic mass is 10.1. The van der Waals surface area contributed by atoms with Gasteiger partial charge < -0.3 is 10.1 Å². The second-order valence-electron chi connectivity index (χ2n) is 7.17. The monoisotopic (exact) mass is 421 g/mol. The second kappa shape index (κ2) is 8.73. The number of nitrogens with zero attached hydrogens (tertiary/aromatic N) is 4. The zero-order valence-electron chi connectivity index (χ0n) is 17.2. The third kappa shape index (κ3) is 4.25. The van der Waals surface area contributed by atoms with Crippen LogP contribution in [0.4, 0.5) is 0 Å². The van der Waals surface area contributed by atoms with E-state index in [0.717, 1.165) is 33.9 Å². The van der Waals surface area contributed by atoms with Crippen LogP contribution < -0.4 is 10.1 Å². The first-order valence-electron chi connectivity index (χ1n) is 9.77. The average molecular weight is 422 g/mol. The Labute approximate surface area is 181 Å². The van der Waals surface area contributed by atoms with E-state index in [9.17, 15) is 0 Å². The molecule has 2 aromatic carbocycles. The van der Waals surface area contributed by atoms with Crippen LogP contribution >= 0.6 is 11.6 Å². The van der Waals surface area contributed by atoms with Crippen molar-refractivity contribution < 1.29 is 4.74 Å². The number of halogens is 1. The second-order valence-corrected chi connectivity index (χ2v) is 7.61. The van der Waals surface area contributed by atoms with Crippen LogP contribution in [0.2, 0.25) is 5.02 Å². The lowest BCUT2D eigenvalue weighted by Crippen LogP contribution is -2.18. The first kappa shape index (κ1) is 20.2. The van der Waals surface area contributed by atoms with Crippen molar-refractivity contribution in [1.29, 1.82) is 0 Å². The third-order valence-electron chi connectivity index (χ3n) is 5.15. The van der Waals surface area contributed by atoms with Gasteiger partial charge in [0.15, 0.2) is 0 Å². The lowest BCUT2D eigenvalue weighted by Gasteiger charge is -2.13. The molecule has 6 nitrogen and oxygen atoms in total. The number of rotatable bonds is 7. The van der Waals surface area contributed by atoms with Gasteiger partial charge in [-0.05, 0) is 56.3 Å². The Kier molecular flexibility index (Phi) is 5.88. The topological polar surface area (TPSA) is 56.9 Å². The standard InChI is InChI=1S/C23H24ClN5O/c1-16(23-14-27-29(17(23)2)20-7-9-22(30-3)10-8-20)25-12-18-13-26-28(15-18)21-6-4-5-19(24)11-21/h4-11,13-16,25H,12H2,1-3H3/t16-/m0/s1. The molecular weight excluding hydrogens is 398 g/mol. The van der Waals surface area contributed by atoms with Gasteiger partial charge in [0.1, 0.15) is 5.75 Å². The molecule has 154 valence electrons. The summed E-state index contributed by atoms with van der Waals surface area (Å²) in [6.45, 7) is 4.93. The Balaban J connectivity index is 1.43. The summed E-state index contributed by atoms with van der Waals surface area (Å²) < 4.78 is 9.02. The molecule has 0 spiro atoms. The molecule has 0 aliphatic heterocycles. The van der Waals surface area contributed by atoms with Gasteiger partial charge in [-0.1, -0.05) is 17.7 Å². The van der Waals surface area contributed by atoms with Crippen molar-refractivity contribution in [2.24, 2.45) is 0 Å². The minimum atomic E-state index is 0.145. The molecule has 0 bridgehead atoms. The number of hydrogen-bond acceptors (Lipinski definition) is 4. The molecule has 2 aromatic heterocycles. The summed E-state index contributed by atoms with van der Waals surface area (Å²) in [7, 11) is 1.67. The predicted molar refractivity (Wildman–Crippen MR) is 119 cm³/mol. The normalized spacial score (nSPS) is 12.1. The van der Waals surface area contributed by atoms with Gasteiger partial charge in [0, 0.05) is 40.6 Å². The fourth-order valence-corrected chi connectivity index (χ4v) is 3.61. The lowest BCUT2D eigenvalue weighted by molar-refractivity contribution is 0.414. The smallest absolute Gasteiger partial charge is 0.119 e. The molecule has 2 heterocycles. The molecule has 0 saturated carbocycles. The zero-order chi connectivity index (χ0) is 21.1. The molecule has 0 saturated heterocycles. The van der Waals surface area contributed by atoms with Crippen molar-refractivity contribution in [2.45, 2.75) is 26.4 Å². The van der Waals surface area contributed by atoms with Crippen molar-refractivity contribution in [2.75, 3.05) is 7.11 Å². The molecule has 4 aromatic rings. The fourth-order valence-electron chi connectivity index (χ4n) is 3.42. The maximum atomic E-state index is 6.08. The van der Waals surface area contributed by atoms with E-state index in [0.29, 0.717) is 11.6 Å². The molecule has 0 amide bonds. The fraction of sp³-hybridized carbons (Fsp3) is 0.217.